The van der Waals surface area contributed by atoms with Crippen LogP contribution in [0.2, 0.25) is 0 Å². The average Bonchev–Trinajstić information content (AvgIpc) is 3.30. The summed E-state index contributed by atoms with van der Waals surface area (Å²) in [5, 5.41) is 10.4. The predicted octanol–water partition coefficient (Wildman–Crippen LogP) is 3.26. The summed E-state index contributed by atoms with van der Waals surface area (Å²) in [4.78, 5) is 37.2. The van der Waals surface area contributed by atoms with Crippen molar-refractivity contribution < 1.29 is 18.8 Å². The van der Waals surface area contributed by atoms with Gasteiger partial charge in [-0.15, -0.1) is 5.10 Å². The van der Waals surface area contributed by atoms with Gasteiger partial charge in [0.25, 0.3) is 5.91 Å². The molecule has 3 amide bonds. The molecule has 3 aromatic rings. The van der Waals surface area contributed by atoms with Gasteiger partial charge in [-0.1, -0.05) is 11.2 Å². The zero-order chi connectivity index (χ0) is 20.5. The monoisotopic (exact) mass is 390 g/mol. The van der Waals surface area contributed by atoms with Gasteiger partial charge < -0.3 is 4.42 Å². The van der Waals surface area contributed by atoms with Gasteiger partial charge in [-0.05, 0) is 61.4 Å². The Labute approximate surface area is 166 Å². The van der Waals surface area contributed by atoms with Crippen molar-refractivity contribution in [3.05, 3.63) is 59.2 Å². The van der Waals surface area contributed by atoms with Crippen LogP contribution in [0.1, 0.15) is 34.3 Å². The Morgan fingerprint density at radius 1 is 0.966 bits per heavy atom. The fraction of sp³-hybridized carbons (Fsp3) is 0.190. The van der Waals surface area contributed by atoms with E-state index in [2.05, 4.69) is 15.5 Å². The van der Waals surface area contributed by atoms with Crippen LogP contribution in [-0.4, -0.2) is 27.9 Å². The lowest BCUT2D eigenvalue weighted by Gasteiger charge is -2.13. The van der Waals surface area contributed by atoms with Crippen LogP contribution in [0.15, 0.2) is 46.9 Å². The van der Waals surface area contributed by atoms with Crippen LogP contribution in [0, 0.1) is 13.8 Å². The highest BCUT2D eigenvalue weighted by atomic mass is 16.4. The number of imide groups is 1. The van der Waals surface area contributed by atoms with Gasteiger partial charge >= 0.3 is 6.01 Å². The minimum Gasteiger partial charge on any atom is -0.403 e. The van der Waals surface area contributed by atoms with E-state index >= 15 is 0 Å². The summed E-state index contributed by atoms with van der Waals surface area (Å²) in [7, 11) is 0. The van der Waals surface area contributed by atoms with E-state index in [1.165, 1.54) is 12.1 Å². The number of rotatable bonds is 4. The highest BCUT2D eigenvalue weighted by molar-refractivity contribution is 6.20. The predicted molar refractivity (Wildman–Crippen MR) is 105 cm³/mol. The molecule has 1 aliphatic rings. The molecular formula is C21H18N4O4. The number of nitrogens with zero attached hydrogens (tertiary/aromatic N) is 3. The number of hydrogen-bond donors (Lipinski definition) is 1. The fourth-order valence-corrected chi connectivity index (χ4v) is 3.06. The zero-order valence-corrected chi connectivity index (χ0v) is 15.9. The summed E-state index contributed by atoms with van der Waals surface area (Å²) in [6, 6.07) is 11.9. The molecule has 0 unspecified atom stereocenters. The highest BCUT2D eigenvalue weighted by Gasteiger charge is 2.30. The van der Waals surface area contributed by atoms with Crippen molar-refractivity contribution in [3.8, 4) is 11.5 Å². The minimum absolute atomic E-state index is 0.0165. The highest BCUT2D eigenvalue weighted by Crippen LogP contribution is 2.24. The van der Waals surface area contributed by atoms with Crippen LogP contribution in [0.25, 0.3) is 11.5 Å². The molecule has 1 aliphatic heterocycles. The second-order valence-electron chi connectivity index (χ2n) is 6.84. The zero-order valence-electron chi connectivity index (χ0n) is 15.9. The molecule has 0 atom stereocenters. The normalized spacial score (nSPS) is 13.8. The topological polar surface area (TPSA) is 105 Å². The van der Waals surface area contributed by atoms with Crippen LogP contribution in [-0.2, 0) is 9.59 Å². The molecule has 8 nitrogen and oxygen atoms in total. The number of hydrogen-bond acceptors (Lipinski definition) is 6. The Bertz CT molecular complexity index is 1100. The maximum Gasteiger partial charge on any atom is 0.322 e. The molecule has 1 fully saturated rings. The molecule has 2 heterocycles. The number of aryl methyl sites for hydroxylation is 2. The molecule has 1 N–H and O–H groups in total. The molecule has 8 heteroatoms. The van der Waals surface area contributed by atoms with E-state index in [1.54, 1.807) is 12.1 Å². The Kier molecular flexibility index (Phi) is 4.67. The van der Waals surface area contributed by atoms with Crippen molar-refractivity contribution in [1.29, 1.82) is 0 Å². The summed E-state index contributed by atoms with van der Waals surface area (Å²) in [6.07, 6.45) is 0.419. The molecule has 29 heavy (non-hydrogen) atoms. The molecule has 1 saturated heterocycles. The van der Waals surface area contributed by atoms with E-state index in [1.807, 2.05) is 32.0 Å². The number of amides is 3. The van der Waals surface area contributed by atoms with E-state index in [0.717, 1.165) is 21.6 Å². The molecule has 0 saturated carbocycles. The van der Waals surface area contributed by atoms with Crippen molar-refractivity contribution in [2.75, 3.05) is 10.2 Å². The van der Waals surface area contributed by atoms with Crippen LogP contribution in [0.3, 0.4) is 0 Å². The van der Waals surface area contributed by atoms with E-state index in [-0.39, 0.29) is 30.7 Å². The van der Waals surface area contributed by atoms with Crippen molar-refractivity contribution in [3.63, 3.8) is 0 Å². The van der Waals surface area contributed by atoms with Gasteiger partial charge in [-0.2, -0.15) is 0 Å². The number of benzene rings is 2. The Morgan fingerprint density at radius 2 is 1.66 bits per heavy atom. The third-order valence-electron chi connectivity index (χ3n) is 4.84. The molecule has 146 valence electrons. The lowest BCUT2D eigenvalue weighted by atomic mass is 10.1. The third-order valence-corrected chi connectivity index (χ3v) is 4.84. The van der Waals surface area contributed by atoms with Crippen LogP contribution < -0.4 is 10.2 Å². The van der Waals surface area contributed by atoms with Crippen molar-refractivity contribution in [1.82, 2.24) is 10.2 Å². The summed E-state index contributed by atoms with van der Waals surface area (Å²) in [5.74, 6) is -0.607. The number of anilines is 2. The molecule has 0 radical (unpaired) electrons. The third kappa shape index (κ3) is 3.64. The minimum atomic E-state index is -0.439. The summed E-state index contributed by atoms with van der Waals surface area (Å²) in [5.41, 5.74) is 3.80. The van der Waals surface area contributed by atoms with Gasteiger partial charge in [0.1, 0.15) is 0 Å². The van der Waals surface area contributed by atoms with Crippen molar-refractivity contribution in [2.45, 2.75) is 26.7 Å². The van der Waals surface area contributed by atoms with Gasteiger partial charge in [0.2, 0.25) is 17.7 Å². The maximum absolute atomic E-state index is 12.4. The van der Waals surface area contributed by atoms with Crippen LogP contribution in [0.4, 0.5) is 11.7 Å². The number of nitrogens with one attached hydrogen (secondary N) is 1. The van der Waals surface area contributed by atoms with Gasteiger partial charge in [-0.25, -0.2) is 0 Å². The molecule has 1 aromatic heterocycles. The van der Waals surface area contributed by atoms with Crippen LogP contribution >= 0.6 is 0 Å². The van der Waals surface area contributed by atoms with E-state index in [4.69, 9.17) is 4.42 Å². The standard InChI is InChI=1S/C21H18N4O4/c1-12-3-4-15(11-13(12)2)20-23-24-21(29-20)22-19(28)14-5-7-16(8-6-14)25-17(26)9-10-18(25)27/h3-8,11H,9-10H2,1-2H3,(H,22,24,28). The molecule has 2 aromatic carbocycles. The molecular weight excluding hydrogens is 372 g/mol. The second-order valence-corrected chi connectivity index (χ2v) is 6.84. The van der Waals surface area contributed by atoms with Gasteiger partial charge in [0.05, 0.1) is 5.69 Å². The smallest absolute Gasteiger partial charge is 0.322 e. The average molecular weight is 390 g/mol. The van der Waals surface area contributed by atoms with Gasteiger partial charge in [0, 0.05) is 24.0 Å². The molecule has 0 bridgehead atoms. The van der Waals surface area contributed by atoms with E-state index in [0.29, 0.717) is 17.1 Å². The first kappa shape index (κ1) is 18.5. The SMILES string of the molecule is Cc1ccc(-c2nnc(NC(=O)c3ccc(N4C(=O)CCC4=O)cc3)o2)cc1C. The largest absolute Gasteiger partial charge is 0.403 e. The summed E-state index contributed by atoms with van der Waals surface area (Å²) >= 11 is 0. The van der Waals surface area contributed by atoms with E-state index < -0.39 is 5.91 Å². The van der Waals surface area contributed by atoms with Gasteiger partial charge in [0.15, 0.2) is 0 Å². The molecule has 4 rings (SSSR count). The molecule has 0 aliphatic carbocycles. The first-order chi connectivity index (χ1) is 13.9. The van der Waals surface area contributed by atoms with Crippen molar-refractivity contribution in [2.24, 2.45) is 0 Å². The van der Waals surface area contributed by atoms with E-state index in [9.17, 15) is 14.4 Å². The number of carbonyl (C=O) groups excluding carboxylic acids is 3. The van der Waals surface area contributed by atoms with Crippen LogP contribution in [0.5, 0.6) is 0 Å². The first-order valence-electron chi connectivity index (χ1n) is 9.11. The Morgan fingerprint density at radius 3 is 2.31 bits per heavy atom. The van der Waals surface area contributed by atoms with Gasteiger partial charge in [-0.3, -0.25) is 24.6 Å². The summed E-state index contributed by atoms with van der Waals surface area (Å²) < 4.78 is 5.54. The lowest BCUT2D eigenvalue weighted by molar-refractivity contribution is -0.121. The number of carbonyl (C=O) groups is 3. The van der Waals surface area contributed by atoms with Crippen molar-refractivity contribution >= 4 is 29.4 Å². The first-order valence-corrected chi connectivity index (χ1v) is 9.11. The Hall–Kier alpha value is -3.81. The molecule has 0 spiro atoms. The maximum atomic E-state index is 12.4. The second kappa shape index (κ2) is 7.31. The summed E-state index contributed by atoms with van der Waals surface area (Å²) in [6.45, 7) is 4.00. The quantitative estimate of drug-likeness (QED) is 0.686. The fourth-order valence-electron chi connectivity index (χ4n) is 3.06. The lowest BCUT2D eigenvalue weighted by Crippen LogP contribution is -2.28. The number of aromatic nitrogens is 2. The Balaban J connectivity index is 1.47.